The number of carbonyl (C=O) groups excluding carboxylic acids is 1. The van der Waals surface area contributed by atoms with Crippen LogP contribution >= 0.6 is 0 Å². The molecule has 0 bridgehead atoms. The molecule has 0 saturated heterocycles. The van der Waals surface area contributed by atoms with Gasteiger partial charge >= 0.3 is 5.97 Å². The highest BCUT2D eigenvalue weighted by Gasteiger charge is 2.20. The second-order valence-electron chi connectivity index (χ2n) is 5.97. The van der Waals surface area contributed by atoms with E-state index in [1.807, 2.05) is 24.3 Å². The molecule has 1 aromatic carbocycles. The zero-order valence-electron chi connectivity index (χ0n) is 13.2. The van der Waals surface area contributed by atoms with Gasteiger partial charge in [-0.1, -0.05) is 31.4 Å². The second-order valence-corrected chi connectivity index (χ2v) is 5.97. The molecule has 0 atom stereocenters. The van der Waals surface area contributed by atoms with Gasteiger partial charge in [-0.3, -0.25) is 4.79 Å². The fraction of sp³-hybridized carbons (Fsp3) is 0.333. The number of nitrogens with one attached hydrogen (secondary N) is 1. The van der Waals surface area contributed by atoms with E-state index in [2.05, 4.69) is 15.3 Å². The molecule has 1 amide bonds. The van der Waals surface area contributed by atoms with Crippen LogP contribution in [0.25, 0.3) is 0 Å². The van der Waals surface area contributed by atoms with Gasteiger partial charge in [-0.2, -0.15) is 0 Å². The van der Waals surface area contributed by atoms with Crippen LogP contribution in [0.2, 0.25) is 0 Å². The van der Waals surface area contributed by atoms with Crippen LogP contribution in [0.1, 0.15) is 64.6 Å². The summed E-state index contributed by atoms with van der Waals surface area (Å²) in [5.74, 6) is -1.26. The van der Waals surface area contributed by atoms with Crippen LogP contribution in [-0.4, -0.2) is 27.0 Å². The molecular weight excluding hydrogens is 306 g/mol. The summed E-state index contributed by atoms with van der Waals surface area (Å²) in [6.07, 6.45) is 8.84. The number of carboxylic acids is 1. The van der Waals surface area contributed by atoms with E-state index in [1.54, 1.807) is 0 Å². The van der Waals surface area contributed by atoms with Gasteiger partial charge in [0.1, 0.15) is 0 Å². The van der Waals surface area contributed by atoms with E-state index in [-0.39, 0.29) is 11.4 Å². The Labute approximate surface area is 140 Å². The first kappa shape index (κ1) is 16.1. The van der Waals surface area contributed by atoms with Gasteiger partial charge in [-0.25, -0.2) is 14.8 Å². The molecule has 24 heavy (non-hydrogen) atoms. The summed E-state index contributed by atoms with van der Waals surface area (Å²) in [5.41, 5.74) is 1.36. The average molecular weight is 325 g/mol. The molecular formula is C18H19N3O3. The molecule has 1 aromatic heterocycles. The van der Waals surface area contributed by atoms with Crippen molar-refractivity contribution < 1.29 is 14.7 Å². The van der Waals surface area contributed by atoms with Crippen molar-refractivity contribution in [3.05, 3.63) is 53.6 Å². The van der Waals surface area contributed by atoms with Gasteiger partial charge in [0.15, 0.2) is 11.4 Å². The lowest BCUT2D eigenvalue weighted by Gasteiger charge is -2.22. The van der Waals surface area contributed by atoms with E-state index in [0.29, 0.717) is 11.6 Å². The van der Waals surface area contributed by atoms with E-state index in [4.69, 9.17) is 5.11 Å². The van der Waals surface area contributed by atoms with E-state index in [0.717, 1.165) is 0 Å². The second kappa shape index (κ2) is 7.21. The molecule has 2 aromatic rings. The van der Waals surface area contributed by atoms with Crippen molar-refractivity contribution in [2.24, 2.45) is 0 Å². The summed E-state index contributed by atoms with van der Waals surface area (Å²) >= 11 is 0. The van der Waals surface area contributed by atoms with Gasteiger partial charge in [0.25, 0.3) is 5.91 Å². The third-order valence-electron chi connectivity index (χ3n) is 4.36. The molecule has 1 aliphatic carbocycles. The maximum Gasteiger partial charge on any atom is 0.356 e. The van der Waals surface area contributed by atoms with E-state index >= 15 is 0 Å². The monoisotopic (exact) mass is 325 g/mol. The third kappa shape index (κ3) is 3.59. The minimum absolute atomic E-state index is 0.193. The van der Waals surface area contributed by atoms with Gasteiger partial charge in [0, 0.05) is 18.1 Å². The molecule has 1 saturated carbocycles. The number of carbonyl (C=O) groups is 2. The zero-order chi connectivity index (χ0) is 16.9. The predicted octanol–water partition coefficient (Wildman–Crippen LogP) is 3.47. The number of benzene rings is 1. The van der Waals surface area contributed by atoms with Gasteiger partial charge in [0.05, 0.1) is 0 Å². The molecule has 1 heterocycles. The third-order valence-corrected chi connectivity index (χ3v) is 4.36. The number of nitrogens with zero attached hydrogens (tertiary/aromatic N) is 2. The Morgan fingerprint density at radius 3 is 2.21 bits per heavy atom. The number of anilines is 1. The maximum absolute atomic E-state index is 12.2. The molecule has 0 spiro atoms. The SMILES string of the molecule is O=C(O)c1nccnc1C(=O)Nc1ccc(C2CCCCC2)cc1. The Kier molecular flexibility index (Phi) is 4.84. The molecule has 6 heteroatoms. The smallest absolute Gasteiger partial charge is 0.356 e. The van der Waals surface area contributed by atoms with Crippen molar-refractivity contribution in [2.45, 2.75) is 38.0 Å². The molecule has 1 aliphatic rings. The first-order valence-electron chi connectivity index (χ1n) is 8.11. The lowest BCUT2D eigenvalue weighted by atomic mass is 9.84. The van der Waals surface area contributed by atoms with Crippen molar-refractivity contribution in [3.8, 4) is 0 Å². The van der Waals surface area contributed by atoms with Gasteiger partial charge in [-0.05, 0) is 36.5 Å². The maximum atomic E-state index is 12.2. The molecule has 6 nitrogen and oxygen atoms in total. The van der Waals surface area contributed by atoms with Crippen molar-refractivity contribution in [1.29, 1.82) is 0 Å². The Hall–Kier alpha value is -2.76. The highest BCUT2D eigenvalue weighted by Crippen LogP contribution is 2.32. The largest absolute Gasteiger partial charge is 0.476 e. The first-order chi connectivity index (χ1) is 11.6. The molecule has 0 aliphatic heterocycles. The Balaban J connectivity index is 1.72. The Bertz CT molecular complexity index is 737. The lowest BCUT2D eigenvalue weighted by molar-refractivity contribution is 0.0685. The predicted molar refractivity (Wildman–Crippen MR) is 89.2 cm³/mol. The fourth-order valence-electron chi connectivity index (χ4n) is 3.13. The minimum Gasteiger partial charge on any atom is -0.476 e. The molecule has 0 radical (unpaired) electrons. The van der Waals surface area contributed by atoms with E-state index < -0.39 is 11.9 Å². The van der Waals surface area contributed by atoms with Gasteiger partial charge < -0.3 is 10.4 Å². The van der Waals surface area contributed by atoms with Gasteiger partial charge in [-0.15, -0.1) is 0 Å². The number of aromatic carboxylic acids is 1. The number of aromatic nitrogens is 2. The Morgan fingerprint density at radius 2 is 1.58 bits per heavy atom. The van der Waals surface area contributed by atoms with Crippen molar-refractivity contribution in [1.82, 2.24) is 9.97 Å². The van der Waals surface area contributed by atoms with Crippen molar-refractivity contribution >= 4 is 17.6 Å². The molecule has 2 N–H and O–H groups in total. The minimum atomic E-state index is -1.28. The molecule has 124 valence electrons. The van der Waals surface area contributed by atoms with Crippen LogP contribution in [0.4, 0.5) is 5.69 Å². The highest BCUT2D eigenvalue weighted by atomic mass is 16.4. The van der Waals surface area contributed by atoms with Crippen molar-refractivity contribution in [2.75, 3.05) is 5.32 Å². The number of amides is 1. The normalized spacial score (nSPS) is 15.0. The number of hydrogen-bond acceptors (Lipinski definition) is 4. The quantitative estimate of drug-likeness (QED) is 0.898. The van der Waals surface area contributed by atoms with E-state index in [1.165, 1.54) is 50.1 Å². The number of carboxylic acid groups (broad SMARTS) is 1. The summed E-state index contributed by atoms with van der Waals surface area (Å²) in [6.45, 7) is 0. The van der Waals surface area contributed by atoms with Crippen LogP contribution < -0.4 is 5.32 Å². The summed E-state index contributed by atoms with van der Waals surface area (Å²) < 4.78 is 0. The van der Waals surface area contributed by atoms with E-state index in [9.17, 15) is 9.59 Å². The molecule has 1 fully saturated rings. The zero-order valence-corrected chi connectivity index (χ0v) is 13.2. The summed E-state index contributed by atoms with van der Waals surface area (Å²) in [7, 11) is 0. The summed E-state index contributed by atoms with van der Waals surface area (Å²) in [4.78, 5) is 30.9. The lowest BCUT2D eigenvalue weighted by Crippen LogP contribution is -2.19. The van der Waals surface area contributed by atoms with Crippen LogP contribution in [0, 0.1) is 0 Å². The Morgan fingerprint density at radius 1 is 0.958 bits per heavy atom. The topological polar surface area (TPSA) is 92.2 Å². The van der Waals surface area contributed by atoms with Crippen LogP contribution in [0.3, 0.4) is 0 Å². The van der Waals surface area contributed by atoms with Crippen LogP contribution in [0.5, 0.6) is 0 Å². The van der Waals surface area contributed by atoms with Crippen LogP contribution in [-0.2, 0) is 0 Å². The van der Waals surface area contributed by atoms with Crippen LogP contribution in [0.15, 0.2) is 36.7 Å². The highest BCUT2D eigenvalue weighted by molar-refractivity contribution is 6.08. The fourth-order valence-corrected chi connectivity index (χ4v) is 3.13. The molecule has 0 unspecified atom stereocenters. The molecule has 3 rings (SSSR count). The van der Waals surface area contributed by atoms with Crippen molar-refractivity contribution in [3.63, 3.8) is 0 Å². The standard InChI is InChI=1S/C18H19N3O3/c22-17(15-16(18(23)24)20-11-10-19-15)21-14-8-6-13(7-9-14)12-4-2-1-3-5-12/h6-12H,1-5H2,(H,21,22)(H,23,24). The average Bonchev–Trinajstić information content (AvgIpc) is 2.63. The summed E-state index contributed by atoms with van der Waals surface area (Å²) in [5, 5.41) is 11.8. The number of hydrogen-bond donors (Lipinski definition) is 2. The van der Waals surface area contributed by atoms with Gasteiger partial charge in [0.2, 0.25) is 0 Å². The summed E-state index contributed by atoms with van der Waals surface area (Å²) in [6, 6.07) is 7.75. The first-order valence-corrected chi connectivity index (χ1v) is 8.11. The number of rotatable bonds is 4.